The molecule has 208 valence electrons. The molecule has 0 saturated heterocycles. The lowest BCUT2D eigenvalue weighted by Gasteiger charge is -2.23. The fourth-order valence-electron chi connectivity index (χ4n) is 3.70. The highest BCUT2D eigenvalue weighted by Gasteiger charge is 2.29. The summed E-state index contributed by atoms with van der Waals surface area (Å²) < 4.78 is 5.57. The van der Waals surface area contributed by atoms with Crippen LogP contribution in [0.3, 0.4) is 0 Å². The molecule has 0 fully saturated rings. The number of ketones is 1. The Morgan fingerprint density at radius 2 is 1.78 bits per heavy atom. The number of ether oxygens (including phenoxy) is 1. The molecule has 36 heavy (non-hydrogen) atoms. The molecule has 2 atom stereocenters. The number of amides is 1. The number of aliphatic imine (C=N–C) groups is 1. The van der Waals surface area contributed by atoms with Crippen molar-refractivity contribution in [2.45, 2.75) is 97.3 Å². The third-order valence-electron chi connectivity index (χ3n) is 5.62. The van der Waals surface area contributed by atoms with E-state index in [9.17, 15) is 29.8 Å². The van der Waals surface area contributed by atoms with E-state index >= 15 is 0 Å². The molecule has 0 rings (SSSR count). The van der Waals surface area contributed by atoms with Gasteiger partial charge >= 0.3 is 7.12 Å². The van der Waals surface area contributed by atoms with Gasteiger partial charge in [-0.25, -0.2) is 15.1 Å². The van der Waals surface area contributed by atoms with Crippen molar-refractivity contribution in [2.75, 3.05) is 19.8 Å². The highest BCUT2D eigenvalue weighted by atomic mass is 16.7. The molecule has 0 aromatic heterocycles. The van der Waals surface area contributed by atoms with E-state index in [1.807, 2.05) is 13.8 Å². The molecule has 0 spiro atoms. The van der Waals surface area contributed by atoms with Crippen LogP contribution in [0.5, 0.6) is 0 Å². The van der Waals surface area contributed by atoms with E-state index in [-0.39, 0.29) is 43.5 Å². The lowest BCUT2D eigenvalue weighted by atomic mass is 9.74. The van der Waals surface area contributed by atoms with Crippen LogP contribution in [0.2, 0.25) is 0 Å². The summed E-state index contributed by atoms with van der Waals surface area (Å²) >= 11 is 0. The van der Waals surface area contributed by atoms with Crippen molar-refractivity contribution in [3.63, 3.8) is 0 Å². The number of Topliss-reactive ketones (excluding diaryl/α,β-unsaturated/α-hetero) is 1. The number of hydrazine groups is 1. The summed E-state index contributed by atoms with van der Waals surface area (Å²) in [6.07, 6.45) is 8.10. The summed E-state index contributed by atoms with van der Waals surface area (Å²) in [6.45, 7) is 7.00. The standard InChI is InChI=1S/C23H46BN5O7/c1-4-5-6-7-8-9-14-36-15-12-20(30)17-19(11-10-13-26-23(25)28-29(34)35)22(31)27-21(24(32)33)16-18(2)3/h18-19,21,32-33H,4-17H2,1-3H3,(H,27,31)(H3,25,26,28)/t19-,21+/m1/s1. The molecule has 0 saturated carbocycles. The van der Waals surface area contributed by atoms with Gasteiger partial charge in [0.15, 0.2) is 5.03 Å². The summed E-state index contributed by atoms with van der Waals surface area (Å²) in [5.74, 6) is -2.36. The molecule has 0 aliphatic rings. The third-order valence-corrected chi connectivity index (χ3v) is 5.62. The number of nitrogens with zero attached hydrogens (tertiary/aromatic N) is 2. The Hall–Kier alpha value is -2.25. The van der Waals surface area contributed by atoms with Crippen LogP contribution in [0.15, 0.2) is 4.99 Å². The highest BCUT2D eigenvalue weighted by Crippen LogP contribution is 2.16. The average molecular weight is 515 g/mol. The van der Waals surface area contributed by atoms with Crippen molar-refractivity contribution < 1.29 is 29.4 Å². The van der Waals surface area contributed by atoms with Crippen LogP contribution in [0.25, 0.3) is 0 Å². The van der Waals surface area contributed by atoms with Gasteiger partial charge in [-0.15, -0.1) is 0 Å². The average Bonchev–Trinajstić information content (AvgIpc) is 2.78. The maximum Gasteiger partial charge on any atom is 0.475 e. The van der Waals surface area contributed by atoms with Crippen LogP contribution in [-0.4, -0.2) is 65.5 Å². The molecular formula is C23H46BN5O7. The van der Waals surface area contributed by atoms with E-state index in [1.54, 1.807) is 5.43 Å². The number of hydrogen-bond donors (Lipinski definition) is 5. The molecule has 0 aliphatic carbocycles. The Kier molecular flexibility index (Phi) is 19.6. The monoisotopic (exact) mass is 515 g/mol. The fraction of sp³-hybridized carbons (Fsp3) is 0.870. The molecule has 12 nitrogen and oxygen atoms in total. The van der Waals surface area contributed by atoms with Gasteiger partial charge in [0.2, 0.25) is 5.91 Å². The minimum absolute atomic E-state index is 0.0194. The lowest BCUT2D eigenvalue weighted by Crippen LogP contribution is -2.49. The SMILES string of the molecule is CCCCCCCCOCCC(=O)C[C@@H](CCCN=C(N)N[N+](=O)[O-])C(=O)N[C@@H](CC(C)C)B(O)O. The van der Waals surface area contributed by atoms with Crippen molar-refractivity contribution >= 4 is 24.8 Å². The topological polar surface area (TPSA) is 189 Å². The minimum Gasteiger partial charge on any atom is -0.426 e. The zero-order valence-electron chi connectivity index (χ0n) is 22.1. The van der Waals surface area contributed by atoms with Crippen molar-refractivity contribution in [3.05, 3.63) is 10.1 Å². The molecule has 0 aromatic carbocycles. The van der Waals surface area contributed by atoms with Gasteiger partial charge in [0, 0.05) is 31.9 Å². The van der Waals surface area contributed by atoms with E-state index in [0.717, 1.165) is 12.8 Å². The molecule has 0 bridgehead atoms. The Morgan fingerprint density at radius 1 is 1.11 bits per heavy atom. The molecule has 0 unspecified atom stereocenters. The van der Waals surface area contributed by atoms with Gasteiger partial charge in [-0.3, -0.25) is 9.59 Å². The van der Waals surface area contributed by atoms with E-state index < -0.39 is 29.9 Å². The van der Waals surface area contributed by atoms with E-state index in [4.69, 9.17) is 10.5 Å². The molecule has 1 amide bonds. The van der Waals surface area contributed by atoms with Gasteiger partial charge in [-0.05, 0) is 31.6 Å². The molecule has 0 radical (unpaired) electrons. The predicted octanol–water partition coefficient (Wildman–Crippen LogP) is 1.75. The third kappa shape index (κ3) is 19.0. The zero-order valence-corrected chi connectivity index (χ0v) is 22.1. The number of nitrogens with two attached hydrogens (primary N) is 1. The first-order valence-electron chi connectivity index (χ1n) is 13.0. The zero-order chi connectivity index (χ0) is 27.3. The summed E-state index contributed by atoms with van der Waals surface area (Å²) in [5.41, 5.74) is 7.13. The first-order chi connectivity index (χ1) is 17.1. The van der Waals surface area contributed by atoms with Crippen LogP contribution >= 0.6 is 0 Å². The normalized spacial score (nSPS) is 13.3. The van der Waals surface area contributed by atoms with Gasteiger partial charge in [-0.1, -0.05) is 58.3 Å². The molecule has 13 heteroatoms. The number of rotatable bonds is 22. The Labute approximate surface area is 215 Å². The van der Waals surface area contributed by atoms with Crippen molar-refractivity contribution in [3.8, 4) is 0 Å². The maximum absolute atomic E-state index is 12.9. The van der Waals surface area contributed by atoms with Crippen LogP contribution in [0.1, 0.15) is 91.4 Å². The molecule has 0 aliphatic heterocycles. The molecule has 0 aromatic rings. The number of nitro groups is 1. The molecular weight excluding hydrogens is 469 g/mol. The highest BCUT2D eigenvalue weighted by molar-refractivity contribution is 6.43. The van der Waals surface area contributed by atoms with Gasteiger partial charge < -0.3 is 25.8 Å². The Balaban J connectivity index is 4.75. The van der Waals surface area contributed by atoms with Crippen molar-refractivity contribution in [1.82, 2.24) is 10.7 Å². The first-order valence-corrected chi connectivity index (χ1v) is 13.0. The van der Waals surface area contributed by atoms with E-state index in [1.165, 1.54) is 25.7 Å². The second kappa shape index (κ2) is 20.9. The first kappa shape index (κ1) is 33.8. The van der Waals surface area contributed by atoms with Crippen LogP contribution in [0, 0.1) is 22.0 Å². The quantitative estimate of drug-likeness (QED) is 0.0357. The van der Waals surface area contributed by atoms with Crippen molar-refractivity contribution in [1.29, 1.82) is 0 Å². The second-order valence-electron chi connectivity index (χ2n) is 9.51. The maximum atomic E-state index is 12.9. The number of hydrogen-bond acceptors (Lipinski definition) is 8. The summed E-state index contributed by atoms with van der Waals surface area (Å²) in [6, 6.07) is 0. The van der Waals surface area contributed by atoms with Crippen molar-refractivity contribution in [2.24, 2.45) is 22.6 Å². The van der Waals surface area contributed by atoms with Gasteiger partial charge in [0.1, 0.15) is 5.78 Å². The second-order valence-corrected chi connectivity index (χ2v) is 9.51. The van der Waals surface area contributed by atoms with Crippen LogP contribution in [-0.2, 0) is 14.3 Å². The summed E-state index contributed by atoms with van der Waals surface area (Å²) in [7, 11) is -1.72. The molecule has 6 N–H and O–H groups in total. The van der Waals surface area contributed by atoms with E-state index in [0.29, 0.717) is 26.1 Å². The summed E-state index contributed by atoms with van der Waals surface area (Å²) in [4.78, 5) is 39.6. The predicted molar refractivity (Wildman–Crippen MR) is 139 cm³/mol. The smallest absolute Gasteiger partial charge is 0.426 e. The molecule has 0 heterocycles. The number of guanidine groups is 1. The Morgan fingerprint density at radius 3 is 2.39 bits per heavy atom. The number of carbonyl (C=O) groups excluding carboxylic acids is 2. The lowest BCUT2D eigenvalue weighted by molar-refractivity contribution is -0.525. The van der Waals surface area contributed by atoms with Crippen LogP contribution < -0.4 is 16.5 Å². The van der Waals surface area contributed by atoms with E-state index in [2.05, 4.69) is 17.2 Å². The largest absolute Gasteiger partial charge is 0.475 e. The number of carbonyl (C=O) groups is 2. The number of unbranched alkanes of at least 4 members (excludes halogenated alkanes) is 5. The Bertz CT molecular complexity index is 665. The summed E-state index contributed by atoms with van der Waals surface area (Å²) in [5, 5.41) is 31.5. The fourth-order valence-corrected chi connectivity index (χ4v) is 3.70. The van der Waals surface area contributed by atoms with Gasteiger partial charge in [-0.2, -0.15) is 0 Å². The van der Waals surface area contributed by atoms with Crippen LogP contribution in [0.4, 0.5) is 0 Å². The van der Waals surface area contributed by atoms with Gasteiger partial charge in [0.05, 0.1) is 12.5 Å². The minimum atomic E-state index is -1.72. The number of nitrogens with one attached hydrogen (secondary N) is 2. The van der Waals surface area contributed by atoms with Gasteiger partial charge in [0.25, 0.3) is 5.96 Å².